The highest BCUT2D eigenvalue weighted by Gasteiger charge is 2.35. The van der Waals surface area contributed by atoms with Gasteiger partial charge in [0.25, 0.3) is 0 Å². The maximum absolute atomic E-state index is 12.2. The van der Waals surface area contributed by atoms with Gasteiger partial charge in [0.15, 0.2) is 0 Å². The Morgan fingerprint density at radius 3 is 2.95 bits per heavy atom. The molecule has 0 bridgehead atoms. The summed E-state index contributed by atoms with van der Waals surface area (Å²) in [7, 11) is 3.44. The maximum atomic E-state index is 12.2. The topological polar surface area (TPSA) is 53.8 Å². The number of aryl methyl sites for hydroxylation is 1. The molecule has 1 saturated heterocycles. The van der Waals surface area contributed by atoms with Gasteiger partial charge in [0, 0.05) is 32.7 Å². The largest absolute Gasteiger partial charge is 0.469 e. The molecule has 1 aliphatic rings. The maximum Gasteiger partial charge on any atom is 0.245 e. The van der Waals surface area contributed by atoms with Gasteiger partial charge in [-0.2, -0.15) is 0 Å². The van der Waals surface area contributed by atoms with Crippen LogP contribution in [0.15, 0.2) is 22.8 Å². The van der Waals surface area contributed by atoms with Gasteiger partial charge in [0.2, 0.25) is 11.8 Å². The first-order valence-electron chi connectivity index (χ1n) is 6.20. The summed E-state index contributed by atoms with van der Waals surface area (Å²) in [5, 5.41) is 0. The molecule has 1 aromatic heterocycles. The number of carbonyl (C=O) groups excluding carboxylic acids is 2. The molecule has 2 rings (SSSR count). The van der Waals surface area contributed by atoms with Crippen LogP contribution >= 0.6 is 11.8 Å². The van der Waals surface area contributed by atoms with Crippen LogP contribution in [0.25, 0.3) is 0 Å². The number of hydrogen-bond acceptors (Lipinski definition) is 4. The van der Waals surface area contributed by atoms with E-state index in [1.807, 2.05) is 12.1 Å². The zero-order valence-corrected chi connectivity index (χ0v) is 12.0. The van der Waals surface area contributed by atoms with Crippen LogP contribution in [0, 0.1) is 0 Å². The molecule has 0 saturated carbocycles. The van der Waals surface area contributed by atoms with E-state index in [-0.39, 0.29) is 17.9 Å². The van der Waals surface area contributed by atoms with Gasteiger partial charge in [-0.15, -0.1) is 11.8 Å². The molecule has 0 aliphatic carbocycles. The zero-order valence-electron chi connectivity index (χ0n) is 11.2. The Labute approximate surface area is 116 Å². The zero-order chi connectivity index (χ0) is 13.8. The Morgan fingerprint density at radius 2 is 2.32 bits per heavy atom. The van der Waals surface area contributed by atoms with Crippen molar-refractivity contribution in [3.63, 3.8) is 0 Å². The van der Waals surface area contributed by atoms with Gasteiger partial charge < -0.3 is 14.2 Å². The fourth-order valence-corrected chi connectivity index (χ4v) is 3.19. The van der Waals surface area contributed by atoms with Crippen LogP contribution in [0.4, 0.5) is 0 Å². The van der Waals surface area contributed by atoms with Crippen LogP contribution in [0.2, 0.25) is 0 Å². The molecule has 0 unspecified atom stereocenters. The number of carbonyl (C=O) groups is 2. The summed E-state index contributed by atoms with van der Waals surface area (Å²) < 4.78 is 5.21. The Hall–Kier alpha value is -1.43. The lowest BCUT2D eigenvalue weighted by molar-refractivity contribution is -0.141. The minimum absolute atomic E-state index is 0.00338. The average molecular weight is 282 g/mol. The van der Waals surface area contributed by atoms with Crippen molar-refractivity contribution in [3.05, 3.63) is 24.2 Å². The van der Waals surface area contributed by atoms with E-state index < -0.39 is 0 Å². The number of thioether (sulfide) groups is 1. The molecule has 6 heteroatoms. The standard InChI is InChI=1S/C13H18N2O3S/c1-14(2)13(17)11-8-19-9-15(11)12(16)6-5-10-4-3-7-18-10/h3-4,7,11H,5-6,8-9H2,1-2H3/t11-/m1/s1. The fourth-order valence-electron chi connectivity index (χ4n) is 2.02. The van der Waals surface area contributed by atoms with E-state index in [0.29, 0.717) is 24.5 Å². The summed E-state index contributed by atoms with van der Waals surface area (Å²) in [6.45, 7) is 0. The molecular formula is C13H18N2O3S. The summed E-state index contributed by atoms with van der Waals surface area (Å²) in [4.78, 5) is 27.4. The van der Waals surface area contributed by atoms with Gasteiger partial charge >= 0.3 is 0 Å². The van der Waals surface area contributed by atoms with Crippen molar-refractivity contribution >= 4 is 23.6 Å². The van der Waals surface area contributed by atoms with E-state index in [4.69, 9.17) is 4.42 Å². The molecule has 0 aromatic carbocycles. The summed E-state index contributed by atoms with van der Waals surface area (Å²) in [5.41, 5.74) is 0. The predicted molar refractivity (Wildman–Crippen MR) is 73.7 cm³/mol. The highest BCUT2D eigenvalue weighted by Crippen LogP contribution is 2.23. The van der Waals surface area contributed by atoms with Crippen molar-refractivity contribution in [2.75, 3.05) is 25.7 Å². The molecule has 1 fully saturated rings. The number of furan rings is 1. The highest BCUT2D eigenvalue weighted by molar-refractivity contribution is 7.99. The van der Waals surface area contributed by atoms with Gasteiger partial charge in [-0.3, -0.25) is 9.59 Å². The van der Waals surface area contributed by atoms with Crippen molar-refractivity contribution in [3.8, 4) is 0 Å². The molecule has 104 valence electrons. The third-order valence-electron chi connectivity index (χ3n) is 3.09. The third-order valence-corrected chi connectivity index (χ3v) is 4.11. The van der Waals surface area contributed by atoms with E-state index in [1.165, 1.54) is 0 Å². The van der Waals surface area contributed by atoms with Gasteiger partial charge in [-0.05, 0) is 12.1 Å². The lowest BCUT2D eigenvalue weighted by Gasteiger charge is -2.25. The van der Waals surface area contributed by atoms with Gasteiger partial charge in [-0.25, -0.2) is 0 Å². The molecule has 1 aromatic rings. The van der Waals surface area contributed by atoms with Gasteiger partial charge in [-0.1, -0.05) is 0 Å². The van der Waals surface area contributed by atoms with E-state index in [9.17, 15) is 9.59 Å². The lowest BCUT2D eigenvalue weighted by atomic mass is 10.2. The number of likely N-dealkylation sites (N-methyl/N-ethyl adjacent to an activating group) is 1. The Morgan fingerprint density at radius 1 is 1.53 bits per heavy atom. The second-order valence-electron chi connectivity index (χ2n) is 4.69. The quantitative estimate of drug-likeness (QED) is 0.833. The SMILES string of the molecule is CN(C)C(=O)[C@H]1CSCN1C(=O)CCc1ccco1. The van der Waals surface area contributed by atoms with Gasteiger partial charge in [0.1, 0.15) is 11.8 Å². The van der Waals surface area contributed by atoms with E-state index >= 15 is 0 Å². The summed E-state index contributed by atoms with van der Waals surface area (Å²) in [5.74, 6) is 2.10. The molecule has 2 heterocycles. The molecule has 0 radical (unpaired) electrons. The Bertz CT molecular complexity index is 445. The summed E-state index contributed by atoms with van der Waals surface area (Å²) in [6.07, 6.45) is 2.56. The number of rotatable bonds is 4. The Kier molecular flexibility index (Phi) is 4.52. The van der Waals surface area contributed by atoms with Crippen molar-refractivity contribution in [2.24, 2.45) is 0 Å². The first-order valence-corrected chi connectivity index (χ1v) is 7.36. The van der Waals surface area contributed by atoms with Crippen molar-refractivity contribution in [1.82, 2.24) is 9.80 Å². The van der Waals surface area contributed by atoms with Crippen LogP contribution in [-0.2, 0) is 16.0 Å². The molecule has 0 N–H and O–H groups in total. The van der Waals surface area contributed by atoms with Crippen LogP contribution in [-0.4, -0.2) is 53.4 Å². The molecular weight excluding hydrogens is 264 g/mol. The summed E-state index contributed by atoms with van der Waals surface area (Å²) in [6, 6.07) is 3.35. The normalized spacial score (nSPS) is 18.6. The van der Waals surface area contributed by atoms with E-state index in [0.717, 1.165) is 5.76 Å². The number of hydrogen-bond donors (Lipinski definition) is 0. The van der Waals surface area contributed by atoms with Crippen LogP contribution in [0.1, 0.15) is 12.2 Å². The van der Waals surface area contributed by atoms with E-state index in [2.05, 4.69) is 0 Å². The van der Waals surface area contributed by atoms with Crippen LogP contribution in [0.5, 0.6) is 0 Å². The smallest absolute Gasteiger partial charge is 0.245 e. The van der Waals surface area contributed by atoms with Crippen molar-refractivity contribution < 1.29 is 14.0 Å². The van der Waals surface area contributed by atoms with Crippen molar-refractivity contribution in [2.45, 2.75) is 18.9 Å². The molecule has 1 atom stereocenters. The number of nitrogens with zero attached hydrogens (tertiary/aromatic N) is 2. The second kappa shape index (κ2) is 6.14. The summed E-state index contributed by atoms with van der Waals surface area (Å²) >= 11 is 1.62. The second-order valence-corrected chi connectivity index (χ2v) is 5.69. The Balaban J connectivity index is 1.92. The molecule has 5 nitrogen and oxygen atoms in total. The van der Waals surface area contributed by atoms with Crippen LogP contribution < -0.4 is 0 Å². The van der Waals surface area contributed by atoms with Gasteiger partial charge in [0.05, 0.1) is 12.1 Å². The highest BCUT2D eigenvalue weighted by atomic mass is 32.2. The van der Waals surface area contributed by atoms with Crippen LogP contribution in [0.3, 0.4) is 0 Å². The third kappa shape index (κ3) is 3.32. The molecule has 0 spiro atoms. The minimum atomic E-state index is -0.316. The molecule has 2 amide bonds. The predicted octanol–water partition coefficient (Wildman–Crippen LogP) is 1.20. The number of amides is 2. The first kappa shape index (κ1) is 14.0. The first-order chi connectivity index (χ1) is 9.09. The average Bonchev–Trinajstić information content (AvgIpc) is 3.05. The minimum Gasteiger partial charge on any atom is -0.469 e. The van der Waals surface area contributed by atoms with Crippen molar-refractivity contribution in [1.29, 1.82) is 0 Å². The lowest BCUT2D eigenvalue weighted by Crippen LogP contribution is -2.46. The molecule has 19 heavy (non-hydrogen) atoms. The fraction of sp³-hybridized carbons (Fsp3) is 0.538. The monoisotopic (exact) mass is 282 g/mol. The van der Waals surface area contributed by atoms with E-state index in [1.54, 1.807) is 41.9 Å². The molecule has 1 aliphatic heterocycles.